The lowest BCUT2D eigenvalue weighted by molar-refractivity contribution is -0.136. The number of rotatable bonds is 11. The third-order valence-corrected chi connectivity index (χ3v) is 14.1. The van der Waals surface area contributed by atoms with Crippen molar-refractivity contribution in [1.29, 1.82) is 0 Å². The Bertz CT molecular complexity index is 2560. The molecule has 3 fully saturated rings. The summed E-state index contributed by atoms with van der Waals surface area (Å²) in [5, 5.41) is 5.46. The molecule has 3 aliphatic carbocycles. The normalized spacial score (nSPS) is 21.3. The Balaban J connectivity index is 0.963. The molecule has 4 N–H and O–H groups in total. The Hall–Kier alpha value is -6.25. The molecule has 0 spiro atoms. The number of nitrogens with one attached hydrogen (secondary N) is 4. The number of imidazole rings is 2. The Kier molecular flexibility index (Phi) is 11.9. The summed E-state index contributed by atoms with van der Waals surface area (Å²) in [4.78, 5) is 77.2. The number of likely N-dealkylation sites (tertiary alicyclic amines) is 2. The fourth-order valence-corrected chi connectivity index (χ4v) is 10.8. The van der Waals surface area contributed by atoms with Crippen LogP contribution >= 0.6 is 0 Å². The van der Waals surface area contributed by atoms with Crippen LogP contribution in [-0.2, 0) is 19.1 Å². The molecule has 5 aliphatic rings. The molecule has 5 heterocycles. The molecule has 0 radical (unpaired) electrons. The molecule has 4 atom stereocenters. The van der Waals surface area contributed by atoms with Gasteiger partial charge in [0.25, 0.3) is 0 Å². The highest BCUT2D eigenvalue weighted by Gasteiger charge is 2.40. The van der Waals surface area contributed by atoms with Crippen molar-refractivity contribution in [3.05, 3.63) is 77.6 Å². The van der Waals surface area contributed by atoms with Crippen molar-refractivity contribution in [2.45, 2.75) is 115 Å². The van der Waals surface area contributed by atoms with Crippen molar-refractivity contribution in [1.82, 2.24) is 45.4 Å². The zero-order chi connectivity index (χ0) is 44.8. The minimum absolute atomic E-state index is 0.108. The highest BCUT2D eigenvalue weighted by atomic mass is 16.5. The van der Waals surface area contributed by atoms with Gasteiger partial charge in [0.2, 0.25) is 11.8 Å². The smallest absolute Gasteiger partial charge is 0.407 e. The van der Waals surface area contributed by atoms with E-state index in [0.29, 0.717) is 24.9 Å². The SMILES string of the molecule is COC(=O)NC(C(=O)N1CCCC1c1ncc(-c2ccc(-c3ccc(-c4ccc5nc(C6CCCN6C(=O)C(NC(=O)OC)C(C)C)[nH]c5c4)c4c3C3CCC4CC3)nc2)[nH]1)C(C)C. The van der Waals surface area contributed by atoms with Gasteiger partial charge < -0.3 is 39.9 Å². The van der Waals surface area contributed by atoms with Gasteiger partial charge in [-0.1, -0.05) is 45.9 Å². The number of hydrogen-bond acceptors (Lipinski definition) is 9. The number of fused-ring (bicyclic) bond motifs is 3. The summed E-state index contributed by atoms with van der Waals surface area (Å²) in [7, 11) is 2.60. The first-order chi connectivity index (χ1) is 30.9. The quantitative estimate of drug-likeness (QED) is 0.101. The molecule has 2 bridgehead atoms. The van der Waals surface area contributed by atoms with Crippen molar-refractivity contribution < 1.29 is 28.7 Å². The molecular weight excluding hydrogens is 811 g/mol. The van der Waals surface area contributed by atoms with E-state index in [2.05, 4.69) is 63.1 Å². The number of aromatic nitrogens is 5. The zero-order valence-electron chi connectivity index (χ0n) is 37.6. The summed E-state index contributed by atoms with van der Waals surface area (Å²) in [5.41, 5.74) is 10.9. The van der Waals surface area contributed by atoms with Gasteiger partial charge in [-0.15, -0.1) is 0 Å². The highest BCUT2D eigenvalue weighted by molar-refractivity contribution is 5.88. The summed E-state index contributed by atoms with van der Waals surface area (Å²) in [5.74, 6) is 1.94. The first kappa shape index (κ1) is 43.0. The zero-order valence-corrected chi connectivity index (χ0v) is 37.6. The van der Waals surface area contributed by atoms with Gasteiger partial charge in [-0.05, 0) is 122 Å². The summed E-state index contributed by atoms with van der Waals surface area (Å²) in [6.45, 7) is 8.85. The predicted octanol–water partition coefficient (Wildman–Crippen LogP) is 8.53. The molecule has 3 aromatic heterocycles. The van der Waals surface area contributed by atoms with Gasteiger partial charge in [0, 0.05) is 30.4 Å². The van der Waals surface area contributed by atoms with Gasteiger partial charge >= 0.3 is 12.2 Å². The molecule has 4 unspecified atom stereocenters. The Morgan fingerprint density at radius 3 is 1.78 bits per heavy atom. The number of hydrogen-bond donors (Lipinski definition) is 4. The number of carbonyl (C=O) groups is 4. The van der Waals surface area contributed by atoms with Gasteiger partial charge in [-0.25, -0.2) is 19.6 Å². The first-order valence-corrected chi connectivity index (χ1v) is 22.9. The third-order valence-electron chi connectivity index (χ3n) is 14.1. The standard InChI is InChI=1S/C49H59N9O6/c1-26(2)42(55-48(61)63-5)46(59)57-21-7-9-38(57)44-51-25-37(54-44)31-16-19-34(50-24-31)33-18-17-32(40-28-11-13-29(14-12-28)41(33)40)30-15-20-35-36(23-30)53-45(52-35)39-10-8-22-58(39)47(60)43(27(3)4)56-49(62)64-6/h15-20,23-29,38-39,42-43H,7-14,21-22H2,1-6H3,(H,51,54)(H,52,53)(H,55,61)(H,56,62). The van der Waals surface area contributed by atoms with Gasteiger partial charge in [0.05, 0.1) is 54.9 Å². The minimum atomic E-state index is -0.695. The summed E-state index contributed by atoms with van der Waals surface area (Å²) < 4.78 is 9.61. The number of H-pyrrole nitrogens is 2. The topological polar surface area (TPSA) is 188 Å². The van der Waals surface area contributed by atoms with Crippen LogP contribution in [0.1, 0.15) is 126 Å². The van der Waals surface area contributed by atoms with E-state index >= 15 is 0 Å². The second-order valence-corrected chi connectivity index (χ2v) is 18.6. The third kappa shape index (κ3) is 7.98. The molecule has 2 saturated heterocycles. The van der Waals surface area contributed by atoms with Crippen LogP contribution in [0.3, 0.4) is 0 Å². The number of ether oxygens (including phenoxy) is 2. The van der Waals surface area contributed by atoms with Crippen LogP contribution in [0.4, 0.5) is 9.59 Å². The molecule has 15 heteroatoms. The monoisotopic (exact) mass is 869 g/mol. The molecule has 5 aromatic rings. The maximum absolute atomic E-state index is 13.8. The number of amides is 4. The second-order valence-electron chi connectivity index (χ2n) is 18.6. The number of nitrogens with zero attached hydrogens (tertiary/aromatic N) is 5. The van der Waals surface area contributed by atoms with Crippen LogP contribution in [0.2, 0.25) is 0 Å². The summed E-state index contributed by atoms with van der Waals surface area (Å²) >= 11 is 0. The van der Waals surface area contributed by atoms with E-state index in [9.17, 15) is 19.2 Å². The van der Waals surface area contributed by atoms with E-state index in [4.69, 9.17) is 24.4 Å². The number of pyridine rings is 1. The fraction of sp³-hybridized carbons (Fsp3) is 0.490. The van der Waals surface area contributed by atoms with E-state index in [-0.39, 0.29) is 35.7 Å². The molecule has 336 valence electrons. The molecular formula is C49H59N9O6. The van der Waals surface area contributed by atoms with Crippen LogP contribution in [-0.4, -0.2) is 98.1 Å². The van der Waals surface area contributed by atoms with Crippen LogP contribution in [0.25, 0.3) is 44.7 Å². The van der Waals surface area contributed by atoms with Crippen LogP contribution < -0.4 is 10.6 Å². The van der Waals surface area contributed by atoms with Crippen molar-refractivity contribution in [3.8, 4) is 33.6 Å². The minimum Gasteiger partial charge on any atom is -0.453 e. The van der Waals surface area contributed by atoms with E-state index in [1.165, 1.54) is 62.2 Å². The molecule has 4 amide bonds. The number of carbonyl (C=O) groups excluding carboxylic acids is 4. The van der Waals surface area contributed by atoms with E-state index in [1.54, 1.807) is 0 Å². The predicted molar refractivity (Wildman–Crippen MR) is 242 cm³/mol. The van der Waals surface area contributed by atoms with Crippen molar-refractivity contribution in [2.75, 3.05) is 27.3 Å². The molecule has 10 rings (SSSR count). The van der Waals surface area contributed by atoms with Crippen molar-refractivity contribution in [3.63, 3.8) is 0 Å². The average Bonchev–Trinajstić information content (AvgIpc) is 4.16. The fourth-order valence-electron chi connectivity index (χ4n) is 10.8. The number of benzene rings is 2. The second kappa shape index (κ2) is 17.7. The molecule has 2 aliphatic heterocycles. The average molecular weight is 870 g/mol. The lowest BCUT2D eigenvalue weighted by Gasteiger charge is -2.41. The summed E-state index contributed by atoms with van der Waals surface area (Å²) in [6, 6.07) is 13.3. The van der Waals surface area contributed by atoms with Gasteiger partial charge in [-0.2, -0.15) is 0 Å². The molecule has 64 heavy (non-hydrogen) atoms. The van der Waals surface area contributed by atoms with E-state index < -0.39 is 24.3 Å². The number of methoxy groups -OCH3 is 2. The number of alkyl carbamates (subject to hydrolysis) is 2. The summed E-state index contributed by atoms with van der Waals surface area (Å²) in [6.07, 6.45) is 10.4. The largest absolute Gasteiger partial charge is 0.453 e. The van der Waals surface area contributed by atoms with E-state index in [1.807, 2.05) is 49.9 Å². The van der Waals surface area contributed by atoms with Crippen LogP contribution in [0, 0.1) is 11.8 Å². The Morgan fingerprint density at radius 1 is 0.656 bits per heavy atom. The lowest BCUT2D eigenvalue weighted by Crippen LogP contribution is -2.51. The first-order valence-electron chi connectivity index (χ1n) is 22.9. The maximum atomic E-state index is 13.8. The van der Waals surface area contributed by atoms with E-state index in [0.717, 1.165) is 70.9 Å². The highest BCUT2D eigenvalue weighted by Crippen LogP contribution is 2.55. The maximum Gasteiger partial charge on any atom is 0.407 e. The van der Waals surface area contributed by atoms with Gasteiger partial charge in [0.1, 0.15) is 23.7 Å². The Morgan fingerprint density at radius 2 is 1.22 bits per heavy atom. The lowest BCUT2D eigenvalue weighted by atomic mass is 9.64. The Labute approximate surface area is 373 Å². The number of aromatic amines is 2. The van der Waals surface area contributed by atoms with Crippen molar-refractivity contribution >= 4 is 35.0 Å². The molecule has 2 aromatic carbocycles. The van der Waals surface area contributed by atoms with Gasteiger partial charge in [0.15, 0.2) is 0 Å². The van der Waals surface area contributed by atoms with Crippen LogP contribution in [0.5, 0.6) is 0 Å². The van der Waals surface area contributed by atoms with Crippen LogP contribution in [0.15, 0.2) is 54.9 Å². The van der Waals surface area contributed by atoms with Crippen molar-refractivity contribution in [2.24, 2.45) is 11.8 Å². The molecule has 1 saturated carbocycles. The molecule has 15 nitrogen and oxygen atoms in total. The van der Waals surface area contributed by atoms with Gasteiger partial charge in [-0.3, -0.25) is 14.6 Å².